The number of carbonyl (C=O) groups is 1. The van der Waals surface area contributed by atoms with Crippen LogP contribution in [-0.2, 0) is 22.5 Å². The molecule has 3 heterocycles. The summed E-state index contributed by atoms with van der Waals surface area (Å²) in [5.41, 5.74) is 4.18. The molecule has 0 aliphatic carbocycles. The van der Waals surface area contributed by atoms with Crippen LogP contribution in [0.3, 0.4) is 0 Å². The summed E-state index contributed by atoms with van der Waals surface area (Å²) in [4.78, 5) is 18.9. The van der Waals surface area contributed by atoms with Crippen molar-refractivity contribution in [2.75, 3.05) is 31.2 Å². The highest BCUT2D eigenvalue weighted by molar-refractivity contribution is 5.76. The van der Waals surface area contributed by atoms with Crippen LogP contribution in [-0.4, -0.2) is 47.4 Å². The van der Waals surface area contributed by atoms with Crippen molar-refractivity contribution >= 4 is 11.7 Å². The lowest BCUT2D eigenvalue weighted by molar-refractivity contribution is -0.121. The molecule has 7 nitrogen and oxygen atoms in total. The fourth-order valence-electron chi connectivity index (χ4n) is 2.92. The minimum absolute atomic E-state index is 0.0248. The summed E-state index contributed by atoms with van der Waals surface area (Å²) in [6.07, 6.45) is 2.86. The van der Waals surface area contributed by atoms with Gasteiger partial charge in [-0.2, -0.15) is 5.10 Å². The fourth-order valence-corrected chi connectivity index (χ4v) is 2.92. The minimum Gasteiger partial charge on any atom is -0.378 e. The van der Waals surface area contributed by atoms with Crippen LogP contribution in [0.4, 0.5) is 5.82 Å². The number of aromatic nitrogens is 3. The van der Waals surface area contributed by atoms with Crippen LogP contribution < -0.4 is 10.2 Å². The quantitative estimate of drug-likeness (QED) is 0.831. The first-order chi connectivity index (χ1) is 12.1. The number of aromatic amines is 1. The van der Waals surface area contributed by atoms with Crippen LogP contribution >= 0.6 is 0 Å². The first-order valence-corrected chi connectivity index (χ1v) is 8.69. The van der Waals surface area contributed by atoms with Crippen molar-refractivity contribution in [2.24, 2.45) is 0 Å². The van der Waals surface area contributed by atoms with Gasteiger partial charge < -0.3 is 15.0 Å². The molecule has 134 valence electrons. The van der Waals surface area contributed by atoms with E-state index in [1.54, 1.807) is 6.20 Å². The van der Waals surface area contributed by atoms with Gasteiger partial charge in [-0.25, -0.2) is 4.98 Å². The average Bonchev–Trinajstić information content (AvgIpc) is 2.97. The molecule has 0 aromatic carbocycles. The number of nitrogens with zero attached hydrogens (tertiary/aromatic N) is 3. The highest BCUT2D eigenvalue weighted by Gasteiger charge is 2.16. The summed E-state index contributed by atoms with van der Waals surface area (Å²) < 4.78 is 5.40. The van der Waals surface area contributed by atoms with Crippen LogP contribution in [0.25, 0.3) is 0 Å². The van der Waals surface area contributed by atoms with Crippen LogP contribution in [0.1, 0.15) is 28.9 Å². The predicted molar refractivity (Wildman–Crippen MR) is 95.5 cm³/mol. The summed E-state index contributed by atoms with van der Waals surface area (Å²) in [6, 6.07) is 3.92. The number of rotatable bonds is 6. The summed E-state index contributed by atoms with van der Waals surface area (Å²) in [6.45, 7) is 7.58. The second-order valence-corrected chi connectivity index (χ2v) is 6.28. The van der Waals surface area contributed by atoms with E-state index in [1.165, 1.54) is 0 Å². The number of anilines is 1. The molecule has 0 radical (unpaired) electrons. The average molecular weight is 343 g/mol. The summed E-state index contributed by atoms with van der Waals surface area (Å²) in [5, 5.41) is 10.2. The van der Waals surface area contributed by atoms with Crippen LogP contribution in [0.5, 0.6) is 0 Å². The molecule has 7 heteroatoms. The summed E-state index contributed by atoms with van der Waals surface area (Å²) in [7, 11) is 0. The number of pyridine rings is 1. The van der Waals surface area contributed by atoms with E-state index in [9.17, 15) is 4.79 Å². The SMILES string of the molecule is Cc1[nH]nc(CCC(=O)NCc2cccnc2N2CCOCC2)c1C. The molecule has 0 atom stereocenters. The second-order valence-electron chi connectivity index (χ2n) is 6.28. The van der Waals surface area contributed by atoms with Gasteiger partial charge in [0.1, 0.15) is 5.82 Å². The largest absolute Gasteiger partial charge is 0.378 e. The molecule has 2 N–H and O–H groups in total. The minimum atomic E-state index is 0.0248. The smallest absolute Gasteiger partial charge is 0.220 e. The van der Waals surface area contributed by atoms with Crippen molar-refractivity contribution in [1.82, 2.24) is 20.5 Å². The molecule has 3 rings (SSSR count). The molecule has 1 amide bonds. The van der Waals surface area contributed by atoms with Gasteiger partial charge in [0.15, 0.2) is 0 Å². The normalized spacial score (nSPS) is 14.6. The van der Waals surface area contributed by atoms with Crippen molar-refractivity contribution in [3.63, 3.8) is 0 Å². The van der Waals surface area contributed by atoms with Gasteiger partial charge in [-0.15, -0.1) is 0 Å². The number of H-pyrrole nitrogens is 1. The van der Waals surface area contributed by atoms with E-state index in [0.717, 1.165) is 41.4 Å². The Morgan fingerprint density at radius 3 is 2.88 bits per heavy atom. The monoisotopic (exact) mass is 343 g/mol. The first-order valence-electron chi connectivity index (χ1n) is 8.69. The van der Waals surface area contributed by atoms with Gasteiger partial charge in [-0.05, 0) is 25.5 Å². The zero-order valence-electron chi connectivity index (χ0n) is 14.8. The summed E-state index contributed by atoms with van der Waals surface area (Å²) in [5.74, 6) is 0.960. The zero-order chi connectivity index (χ0) is 17.6. The van der Waals surface area contributed by atoms with Crippen molar-refractivity contribution in [3.05, 3.63) is 40.8 Å². The Balaban J connectivity index is 1.54. The van der Waals surface area contributed by atoms with E-state index in [1.807, 2.05) is 26.0 Å². The van der Waals surface area contributed by atoms with E-state index in [0.29, 0.717) is 32.6 Å². The van der Waals surface area contributed by atoms with Gasteiger partial charge in [0, 0.05) is 49.9 Å². The number of nitrogens with one attached hydrogen (secondary N) is 2. The number of morpholine rings is 1. The molecule has 2 aromatic rings. The third-order valence-electron chi connectivity index (χ3n) is 4.60. The lowest BCUT2D eigenvalue weighted by Gasteiger charge is -2.29. The maximum atomic E-state index is 12.2. The van der Waals surface area contributed by atoms with Gasteiger partial charge in [-0.3, -0.25) is 9.89 Å². The topological polar surface area (TPSA) is 83.1 Å². The van der Waals surface area contributed by atoms with Gasteiger partial charge >= 0.3 is 0 Å². The second kappa shape index (κ2) is 8.11. The molecule has 1 aliphatic rings. The maximum absolute atomic E-state index is 12.2. The van der Waals surface area contributed by atoms with E-state index in [4.69, 9.17) is 4.74 Å². The van der Waals surface area contributed by atoms with E-state index >= 15 is 0 Å². The van der Waals surface area contributed by atoms with Crippen LogP contribution in [0.2, 0.25) is 0 Å². The summed E-state index contributed by atoms with van der Waals surface area (Å²) >= 11 is 0. The van der Waals surface area contributed by atoms with E-state index in [-0.39, 0.29) is 5.91 Å². The Morgan fingerprint density at radius 2 is 2.16 bits per heavy atom. The molecule has 0 bridgehead atoms. The zero-order valence-corrected chi connectivity index (χ0v) is 14.8. The Bertz CT molecular complexity index is 722. The molecule has 2 aromatic heterocycles. The Hall–Kier alpha value is -2.41. The Kier molecular flexibility index (Phi) is 5.65. The van der Waals surface area contributed by atoms with Crippen molar-refractivity contribution in [2.45, 2.75) is 33.2 Å². The number of carbonyl (C=O) groups excluding carboxylic acids is 1. The van der Waals surface area contributed by atoms with Gasteiger partial charge in [0.05, 0.1) is 18.9 Å². The Labute approximate surface area is 147 Å². The molecule has 0 unspecified atom stereocenters. The highest BCUT2D eigenvalue weighted by atomic mass is 16.5. The molecule has 1 saturated heterocycles. The molecule has 0 saturated carbocycles. The molecular formula is C18H25N5O2. The van der Waals surface area contributed by atoms with Gasteiger partial charge in [0.2, 0.25) is 5.91 Å². The number of aryl methyl sites for hydroxylation is 2. The lowest BCUT2D eigenvalue weighted by atomic mass is 10.1. The fraction of sp³-hybridized carbons (Fsp3) is 0.500. The van der Waals surface area contributed by atoms with Crippen molar-refractivity contribution in [1.29, 1.82) is 0 Å². The highest BCUT2D eigenvalue weighted by Crippen LogP contribution is 2.18. The van der Waals surface area contributed by atoms with E-state index < -0.39 is 0 Å². The van der Waals surface area contributed by atoms with E-state index in [2.05, 4.69) is 25.4 Å². The lowest BCUT2D eigenvalue weighted by Crippen LogP contribution is -2.37. The standard InChI is InChI=1S/C18H25N5O2/c1-13-14(2)21-22-16(13)5-6-17(24)20-12-15-4-3-7-19-18(15)23-8-10-25-11-9-23/h3-4,7H,5-6,8-12H2,1-2H3,(H,20,24)(H,21,22). The van der Waals surface area contributed by atoms with Crippen molar-refractivity contribution in [3.8, 4) is 0 Å². The Morgan fingerprint density at radius 1 is 1.36 bits per heavy atom. The third-order valence-corrected chi connectivity index (χ3v) is 4.60. The number of ether oxygens (including phenoxy) is 1. The maximum Gasteiger partial charge on any atom is 0.220 e. The first kappa shape index (κ1) is 17.4. The molecule has 25 heavy (non-hydrogen) atoms. The molecule has 0 spiro atoms. The van der Waals surface area contributed by atoms with Gasteiger partial charge in [-0.1, -0.05) is 6.07 Å². The van der Waals surface area contributed by atoms with Crippen LogP contribution in [0, 0.1) is 13.8 Å². The number of hydrogen-bond acceptors (Lipinski definition) is 5. The number of hydrogen-bond donors (Lipinski definition) is 2. The molecular weight excluding hydrogens is 318 g/mol. The third kappa shape index (κ3) is 4.36. The molecule has 1 fully saturated rings. The van der Waals surface area contributed by atoms with Crippen LogP contribution in [0.15, 0.2) is 18.3 Å². The number of amides is 1. The van der Waals surface area contributed by atoms with Gasteiger partial charge in [0.25, 0.3) is 0 Å². The molecule has 1 aliphatic heterocycles. The predicted octanol–water partition coefficient (Wildman–Crippen LogP) is 1.51. The van der Waals surface area contributed by atoms with Crippen molar-refractivity contribution < 1.29 is 9.53 Å².